The highest BCUT2D eigenvalue weighted by molar-refractivity contribution is 9.10. The number of nitro groups is 1. The Bertz CT molecular complexity index is 660. The van der Waals surface area contributed by atoms with Crippen LogP contribution in [0.3, 0.4) is 0 Å². The fourth-order valence-electron chi connectivity index (χ4n) is 1.47. The molecular formula is C10H5Br2F2N3O2. The molecule has 0 aliphatic heterocycles. The largest absolute Gasteiger partial charge is 0.404 e. The predicted molar refractivity (Wildman–Crippen MR) is 69.7 cm³/mol. The summed E-state index contributed by atoms with van der Waals surface area (Å²) in [6, 6.07) is 2.35. The molecule has 0 aliphatic carbocycles. The van der Waals surface area contributed by atoms with E-state index in [-0.39, 0.29) is 21.1 Å². The highest BCUT2D eigenvalue weighted by Gasteiger charge is 2.21. The van der Waals surface area contributed by atoms with Gasteiger partial charge >= 0.3 is 5.82 Å². The molecule has 0 amide bonds. The van der Waals surface area contributed by atoms with E-state index in [0.29, 0.717) is 0 Å². The zero-order valence-electron chi connectivity index (χ0n) is 9.11. The molecular weight excluding hydrogens is 392 g/mol. The monoisotopic (exact) mass is 395 g/mol. The summed E-state index contributed by atoms with van der Waals surface area (Å²) >= 11 is 5.91. The second-order valence-corrected chi connectivity index (χ2v) is 5.29. The maximum absolute atomic E-state index is 13.7. The van der Waals surface area contributed by atoms with Crippen molar-refractivity contribution in [2.75, 3.05) is 0 Å². The van der Waals surface area contributed by atoms with E-state index in [4.69, 9.17) is 0 Å². The molecule has 9 heteroatoms. The van der Waals surface area contributed by atoms with Crippen molar-refractivity contribution in [3.63, 3.8) is 0 Å². The highest BCUT2D eigenvalue weighted by Crippen LogP contribution is 2.25. The summed E-state index contributed by atoms with van der Waals surface area (Å²) in [7, 11) is 0. The molecule has 0 bridgehead atoms. The Balaban J connectivity index is 2.39. The number of nitrogens with zero attached hydrogens (tertiary/aromatic N) is 3. The van der Waals surface area contributed by atoms with Gasteiger partial charge in [0, 0.05) is 5.56 Å². The summed E-state index contributed by atoms with van der Waals surface area (Å²) in [5.74, 6) is -1.90. The fourth-order valence-corrected chi connectivity index (χ4v) is 2.30. The van der Waals surface area contributed by atoms with Crippen LogP contribution in [0.15, 0.2) is 27.3 Å². The number of aromatic nitrogens is 2. The summed E-state index contributed by atoms with van der Waals surface area (Å²) in [4.78, 5) is 9.93. The number of hydrogen-bond acceptors (Lipinski definition) is 3. The zero-order valence-corrected chi connectivity index (χ0v) is 12.3. The molecule has 19 heavy (non-hydrogen) atoms. The van der Waals surface area contributed by atoms with Gasteiger partial charge in [-0.25, -0.2) is 8.78 Å². The summed E-state index contributed by atoms with van der Waals surface area (Å²) in [5.41, 5.74) is -0.223. The van der Waals surface area contributed by atoms with Gasteiger partial charge in [0.2, 0.25) is 0 Å². The van der Waals surface area contributed by atoms with E-state index in [1.165, 1.54) is 12.3 Å². The lowest BCUT2D eigenvalue weighted by atomic mass is 10.2. The third-order valence-electron chi connectivity index (χ3n) is 2.33. The lowest BCUT2D eigenvalue weighted by Crippen LogP contribution is -2.06. The Hall–Kier alpha value is -1.35. The van der Waals surface area contributed by atoms with Gasteiger partial charge in [-0.2, -0.15) is 4.68 Å². The lowest BCUT2D eigenvalue weighted by Gasteiger charge is -2.04. The molecule has 1 heterocycles. The van der Waals surface area contributed by atoms with Crippen molar-refractivity contribution in [1.29, 1.82) is 0 Å². The van der Waals surface area contributed by atoms with E-state index >= 15 is 0 Å². The molecule has 0 atom stereocenters. The van der Waals surface area contributed by atoms with Crippen molar-refractivity contribution in [3.05, 3.63) is 54.6 Å². The Kier molecular flexibility index (Phi) is 3.95. The van der Waals surface area contributed by atoms with E-state index < -0.39 is 22.4 Å². The van der Waals surface area contributed by atoms with E-state index in [9.17, 15) is 18.9 Å². The maximum Gasteiger partial charge on any atom is 0.404 e. The van der Waals surface area contributed by atoms with E-state index in [0.717, 1.165) is 10.7 Å². The first-order valence-corrected chi connectivity index (χ1v) is 6.48. The number of benzene rings is 1. The average Bonchev–Trinajstić information content (AvgIpc) is 2.71. The standard InChI is InChI=1S/C10H5Br2F2N3O2/c11-6-1-2-8(13)5(9(6)14)3-16-4-7(12)10(15-16)17(18)19/h1-2,4H,3H2. The molecule has 0 radical (unpaired) electrons. The molecule has 0 fully saturated rings. The van der Waals surface area contributed by atoms with Gasteiger partial charge in [-0.1, -0.05) is 0 Å². The third-order valence-corrected chi connectivity index (χ3v) is 3.50. The normalized spacial score (nSPS) is 10.7. The maximum atomic E-state index is 13.7. The van der Waals surface area contributed by atoms with Gasteiger partial charge in [-0.15, -0.1) is 0 Å². The first-order chi connectivity index (χ1) is 8.90. The Morgan fingerprint density at radius 2 is 2.00 bits per heavy atom. The van der Waals surface area contributed by atoms with Gasteiger partial charge < -0.3 is 10.1 Å². The van der Waals surface area contributed by atoms with Crippen LogP contribution in [-0.4, -0.2) is 14.7 Å². The minimum Gasteiger partial charge on any atom is -0.358 e. The summed E-state index contributed by atoms with van der Waals surface area (Å²) < 4.78 is 28.6. The van der Waals surface area contributed by atoms with Crippen LogP contribution in [0.25, 0.3) is 0 Å². The SMILES string of the molecule is O=[N+]([O-])c1nn(Cc2c(F)ccc(Br)c2F)cc1Br. The van der Waals surface area contributed by atoms with Gasteiger partial charge in [0.1, 0.15) is 16.1 Å². The Morgan fingerprint density at radius 3 is 2.58 bits per heavy atom. The molecule has 2 rings (SSSR count). The van der Waals surface area contributed by atoms with Crippen molar-refractivity contribution in [2.24, 2.45) is 0 Å². The topological polar surface area (TPSA) is 61.0 Å². The average molecular weight is 397 g/mol. The van der Waals surface area contributed by atoms with Gasteiger partial charge in [-0.3, -0.25) is 0 Å². The lowest BCUT2D eigenvalue weighted by molar-refractivity contribution is -0.390. The van der Waals surface area contributed by atoms with Crippen molar-refractivity contribution >= 4 is 37.7 Å². The molecule has 0 saturated carbocycles. The summed E-state index contributed by atoms with van der Waals surface area (Å²) in [6.45, 7) is -0.246. The van der Waals surface area contributed by atoms with Crippen molar-refractivity contribution in [2.45, 2.75) is 6.54 Å². The molecule has 1 aromatic heterocycles. The van der Waals surface area contributed by atoms with Crippen LogP contribution in [-0.2, 0) is 6.54 Å². The summed E-state index contributed by atoms with van der Waals surface area (Å²) in [6.07, 6.45) is 1.29. The molecule has 0 spiro atoms. The van der Waals surface area contributed by atoms with Crippen LogP contribution in [0.4, 0.5) is 14.6 Å². The first-order valence-electron chi connectivity index (χ1n) is 4.90. The quantitative estimate of drug-likeness (QED) is 0.452. The van der Waals surface area contributed by atoms with Crippen LogP contribution in [0.5, 0.6) is 0 Å². The second-order valence-electron chi connectivity index (χ2n) is 3.58. The minimum atomic E-state index is -0.755. The first kappa shape index (κ1) is 14.1. The van der Waals surface area contributed by atoms with Gasteiger partial charge in [0.15, 0.2) is 0 Å². The molecule has 0 aliphatic rings. The molecule has 5 nitrogen and oxygen atoms in total. The van der Waals surface area contributed by atoms with Crippen molar-refractivity contribution < 1.29 is 13.7 Å². The van der Waals surface area contributed by atoms with Crippen LogP contribution in [0.2, 0.25) is 0 Å². The molecule has 0 unspecified atom stereocenters. The van der Waals surface area contributed by atoms with E-state index in [2.05, 4.69) is 37.0 Å². The van der Waals surface area contributed by atoms with Crippen LogP contribution in [0.1, 0.15) is 5.56 Å². The molecule has 0 N–H and O–H groups in total. The van der Waals surface area contributed by atoms with Crippen LogP contribution < -0.4 is 0 Å². The number of halogens is 4. The third kappa shape index (κ3) is 2.81. The predicted octanol–water partition coefficient (Wildman–Crippen LogP) is 3.64. The molecule has 2 aromatic rings. The van der Waals surface area contributed by atoms with Crippen molar-refractivity contribution in [3.8, 4) is 0 Å². The number of hydrogen-bond donors (Lipinski definition) is 0. The second kappa shape index (κ2) is 5.33. The van der Waals surface area contributed by atoms with E-state index in [1.807, 2.05) is 0 Å². The fraction of sp³-hybridized carbons (Fsp3) is 0.100. The Labute approximate surface area is 122 Å². The minimum absolute atomic E-state index is 0.115. The molecule has 1 aromatic carbocycles. The zero-order chi connectivity index (χ0) is 14.2. The van der Waals surface area contributed by atoms with Crippen LogP contribution in [0, 0.1) is 21.7 Å². The van der Waals surface area contributed by atoms with Gasteiger partial charge in [-0.05, 0) is 48.9 Å². The van der Waals surface area contributed by atoms with Crippen LogP contribution >= 0.6 is 31.9 Å². The Morgan fingerprint density at radius 1 is 1.32 bits per heavy atom. The molecule has 100 valence electrons. The smallest absolute Gasteiger partial charge is 0.358 e. The van der Waals surface area contributed by atoms with Crippen molar-refractivity contribution in [1.82, 2.24) is 9.78 Å². The summed E-state index contributed by atoms with van der Waals surface area (Å²) in [5, 5.41) is 14.3. The number of rotatable bonds is 3. The molecule has 0 saturated heterocycles. The highest BCUT2D eigenvalue weighted by atomic mass is 79.9. The van der Waals surface area contributed by atoms with Gasteiger partial charge in [0.05, 0.1) is 22.3 Å². The van der Waals surface area contributed by atoms with E-state index in [1.54, 1.807) is 0 Å². The van der Waals surface area contributed by atoms with Gasteiger partial charge in [0.25, 0.3) is 0 Å².